The van der Waals surface area contributed by atoms with Crippen LogP contribution in [0.2, 0.25) is 0 Å². The summed E-state index contributed by atoms with van der Waals surface area (Å²) < 4.78 is 1.02. The SMILES string of the molecule is Brc1cccc(Nc2ncnc3cc4[nH]ncc4cc23)c1. The smallest absolute Gasteiger partial charge is 0.141 e. The van der Waals surface area contributed by atoms with E-state index in [2.05, 4.69) is 41.4 Å². The van der Waals surface area contributed by atoms with Crippen molar-refractivity contribution in [3.63, 3.8) is 0 Å². The number of fused-ring (bicyclic) bond motifs is 2. The normalized spacial score (nSPS) is 11.1. The molecular formula is C15H10BrN5. The van der Waals surface area contributed by atoms with Gasteiger partial charge in [0.25, 0.3) is 0 Å². The summed E-state index contributed by atoms with van der Waals surface area (Å²) in [6, 6.07) is 12.0. The lowest BCUT2D eigenvalue weighted by molar-refractivity contribution is 1.12. The van der Waals surface area contributed by atoms with E-state index in [9.17, 15) is 0 Å². The van der Waals surface area contributed by atoms with E-state index in [4.69, 9.17) is 0 Å². The van der Waals surface area contributed by atoms with Crippen LogP contribution in [0.3, 0.4) is 0 Å². The second-order valence-electron chi connectivity index (χ2n) is 4.68. The molecule has 0 fully saturated rings. The Morgan fingerprint density at radius 3 is 2.95 bits per heavy atom. The topological polar surface area (TPSA) is 66.5 Å². The third kappa shape index (κ3) is 2.23. The molecule has 5 nitrogen and oxygen atoms in total. The van der Waals surface area contributed by atoms with E-state index in [1.165, 1.54) is 0 Å². The van der Waals surface area contributed by atoms with Gasteiger partial charge >= 0.3 is 0 Å². The second-order valence-corrected chi connectivity index (χ2v) is 5.60. The maximum absolute atomic E-state index is 4.35. The average Bonchev–Trinajstić information content (AvgIpc) is 2.93. The minimum absolute atomic E-state index is 0.779. The van der Waals surface area contributed by atoms with Gasteiger partial charge in [0.15, 0.2) is 0 Å². The van der Waals surface area contributed by atoms with Gasteiger partial charge in [-0.05, 0) is 30.3 Å². The lowest BCUT2D eigenvalue weighted by Gasteiger charge is -2.08. The number of nitrogens with zero attached hydrogens (tertiary/aromatic N) is 3. The lowest BCUT2D eigenvalue weighted by atomic mass is 10.1. The largest absolute Gasteiger partial charge is 0.340 e. The molecule has 2 heterocycles. The van der Waals surface area contributed by atoms with Crippen LogP contribution in [0.4, 0.5) is 11.5 Å². The molecule has 21 heavy (non-hydrogen) atoms. The average molecular weight is 340 g/mol. The zero-order valence-corrected chi connectivity index (χ0v) is 12.4. The number of rotatable bonds is 2. The van der Waals surface area contributed by atoms with Gasteiger partial charge in [0.2, 0.25) is 0 Å². The highest BCUT2D eigenvalue weighted by atomic mass is 79.9. The standard InChI is InChI=1S/C15H10BrN5/c16-10-2-1-3-11(5-10)20-15-12-4-9-7-19-21-13(9)6-14(12)17-8-18-15/h1-8H,(H,19,21)(H,17,18,20). The van der Waals surface area contributed by atoms with E-state index < -0.39 is 0 Å². The third-order valence-corrected chi connectivity index (χ3v) is 3.78. The summed E-state index contributed by atoms with van der Waals surface area (Å²) in [7, 11) is 0. The van der Waals surface area contributed by atoms with Crippen molar-refractivity contribution in [1.82, 2.24) is 20.2 Å². The summed E-state index contributed by atoms with van der Waals surface area (Å²) in [5.74, 6) is 0.779. The quantitative estimate of drug-likeness (QED) is 0.579. The van der Waals surface area contributed by atoms with Gasteiger partial charge in [-0.25, -0.2) is 9.97 Å². The van der Waals surface area contributed by atoms with Crippen LogP contribution in [-0.2, 0) is 0 Å². The van der Waals surface area contributed by atoms with E-state index >= 15 is 0 Å². The molecule has 0 aliphatic rings. The molecule has 0 saturated heterocycles. The summed E-state index contributed by atoms with van der Waals surface area (Å²) in [6.45, 7) is 0. The van der Waals surface area contributed by atoms with Gasteiger partial charge in [0.05, 0.1) is 17.2 Å². The van der Waals surface area contributed by atoms with Gasteiger partial charge < -0.3 is 5.32 Å². The van der Waals surface area contributed by atoms with Crippen LogP contribution >= 0.6 is 15.9 Å². The molecule has 0 saturated carbocycles. The third-order valence-electron chi connectivity index (χ3n) is 3.28. The highest BCUT2D eigenvalue weighted by Crippen LogP contribution is 2.27. The molecule has 0 aliphatic heterocycles. The minimum Gasteiger partial charge on any atom is -0.340 e. The zero-order valence-electron chi connectivity index (χ0n) is 10.8. The van der Waals surface area contributed by atoms with Crippen molar-refractivity contribution in [2.24, 2.45) is 0 Å². The Labute approximate surface area is 128 Å². The molecule has 0 unspecified atom stereocenters. The first-order valence-corrected chi connectivity index (χ1v) is 7.19. The second kappa shape index (κ2) is 4.82. The van der Waals surface area contributed by atoms with Crippen LogP contribution in [0.5, 0.6) is 0 Å². The van der Waals surface area contributed by atoms with Crippen molar-refractivity contribution < 1.29 is 0 Å². The molecule has 6 heteroatoms. The Balaban J connectivity index is 1.87. The molecular weight excluding hydrogens is 330 g/mol. The number of halogens is 1. The first-order chi connectivity index (χ1) is 10.3. The molecule has 4 rings (SSSR count). The predicted octanol–water partition coefficient (Wildman–Crippen LogP) is 4.01. The summed E-state index contributed by atoms with van der Waals surface area (Å²) in [5, 5.41) is 12.3. The van der Waals surface area contributed by atoms with Crippen molar-refractivity contribution in [2.75, 3.05) is 5.32 Å². The fourth-order valence-electron chi connectivity index (χ4n) is 2.30. The molecule has 0 bridgehead atoms. The molecule has 0 spiro atoms. The van der Waals surface area contributed by atoms with E-state index in [0.29, 0.717) is 0 Å². The van der Waals surface area contributed by atoms with E-state index in [1.807, 2.05) is 36.4 Å². The van der Waals surface area contributed by atoms with Crippen molar-refractivity contribution in [1.29, 1.82) is 0 Å². The molecule has 4 aromatic rings. The van der Waals surface area contributed by atoms with E-state index in [1.54, 1.807) is 12.5 Å². The van der Waals surface area contributed by atoms with Crippen LogP contribution in [0.1, 0.15) is 0 Å². The highest BCUT2D eigenvalue weighted by molar-refractivity contribution is 9.10. The van der Waals surface area contributed by atoms with Gasteiger partial charge in [-0.2, -0.15) is 5.10 Å². The molecule has 0 radical (unpaired) electrons. The van der Waals surface area contributed by atoms with Crippen molar-refractivity contribution >= 4 is 49.2 Å². The maximum atomic E-state index is 4.35. The first kappa shape index (κ1) is 12.3. The van der Waals surface area contributed by atoms with Crippen LogP contribution in [-0.4, -0.2) is 20.2 Å². The van der Waals surface area contributed by atoms with Gasteiger partial charge in [-0.1, -0.05) is 22.0 Å². The molecule has 102 valence electrons. The number of benzene rings is 2. The maximum Gasteiger partial charge on any atom is 0.141 e. The van der Waals surface area contributed by atoms with Crippen molar-refractivity contribution in [2.45, 2.75) is 0 Å². The molecule has 2 aromatic heterocycles. The van der Waals surface area contributed by atoms with Gasteiger partial charge in [-0.3, -0.25) is 5.10 Å². The van der Waals surface area contributed by atoms with E-state index in [0.717, 1.165) is 37.8 Å². The molecule has 0 atom stereocenters. The summed E-state index contributed by atoms with van der Waals surface area (Å²) in [6.07, 6.45) is 3.36. The van der Waals surface area contributed by atoms with Crippen molar-refractivity contribution in [3.05, 3.63) is 53.4 Å². The Bertz CT molecular complexity index is 947. The number of aromatic amines is 1. The van der Waals surface area contributed by atoms with Crippen LogP contribution in [0, 0.1) is 0 Å². The monoisotopic (exact) mass is 339 g/mol. The Kier molecular flexibility index (Phi) is 2.82. The Morgan fingerprint density at radius 1 is 1.10 bits per heavy atom. The van der Waals surface area contributed by atoms with Gasteiger partial charge in [0.1, 0.15) is 12.1 Å². The Morgan fingerprint density at radius 2 is 2.05 bits per heavy atom. The zero-order chi connectivity index (χ0) is 14.2. The van der Waals surface area contributed by atoms with Crippen LogP contribution < -0.4 is 5.32 Å². The number of hydrogen-bond acceptors (Lipinski definition) is 4. The minimum atomic E-state index is 0.779. The number of aromatic nitrogens is 4. The highest BCUT2D eigenvalue weighted by Gasteiger charge is 2.07. The molecule has 2 aromatic carbocycles. The summed E-state index contributed by atoms with van der Waals surface area (Å²) in [5.41, 5.74) is 2.81. The molecule has 2 N–H and O–H groups in total. The molecule has 0 aliphatic carbocycles. The fraction of sp³-hybridized carbons (Fsp3) is 0. The summed E-state index contributed by atoms with van der Waals surface area (Å²) >= 11 is 3.47. The molecule has 0 amide bonds. The fourth-order valence-corrected chi connectivity index (χ4v) is 2.70. The van der Waals surface area contributed by atoms with Gasteiger partial charge in [-0.15, -0.1) is 0 Å². The Hall–Kier alpha value is -2.47. The van der Waals surface area contributed by atoms with Crippen molar-refractivity contribution in [3.8, 4) is 0 Å². The van der Waals surface area contributed by atoms with Crippen LogP contribution in [0.15, 0.2) is 53.4 Å². The predicted molar refractivity (Wildman–Crippen MR) is 86.6 cm³/mol. The van der Waals surface area contributed by atoms with E-state index in [-0.39, 0.29) is 0 Å². The first-order valence-electron chi connectivity index (χ1n) is 6.40. The number of hydrogen-bond donors (Lipinski definition) is 2. The summed E-state index contributed by atoms with van der Waals surface area (Å²) in [4.78, 5) is 8.68. The number of nitrogens with one attached hydrogen (secondary N) is 2. The van der Waals surface area contributed by atoms with Crippen LogP contribution in [0.25, 0.3) is 21.8 Å². The number of anilines is 2. The number of H-pyrrole nitrogens is 1. The lowest BCUT2D eigenvalue weighted by Crippen LogP contribution is -1.96. The van der Waals surface area contributed by atoms with Gasteiger partial charge in [0, 0.05) is 20.9 Å².